The van der Waals surface area contributed by atoms with Gasteiger partial charge >= 0.3 is 6.01 Å². The first-order valence-corrected chi connectivity index (χ1v) is 8.50. The van der Waals surface area contributed by atoms with E-state index in [9.17, 15) is 0 Å². The van der Waals surface area contributed by atoms with E-state index in [0.717, 1.165) is 37.6 Å². The summed E-state index contributed by atoms with van der Waals surface area (Å²) in [7, 11) is 0. The van der Waals surface area contributed by atoms with Crippen LogP contribution in [0.2, 0.25) is 0 Å². The van der Waals surface area contributed by atoms with Gasteiger partial charge in [0.2, 0.25) is 0 Å². The second-order valence-corrected chi connectivity index (χ2v) is 7.21. The smallest absolute Gasteiger partial charge is 0.316 e. The second kappa shape index (κ2) is 5.78. The second-order valence-electron chi connectivity index (χ2n) is 7.21. The van der Waals surface area contributed by atoms with Crippen LogP contribution in [0.25, 0.3) is 0 Å². The summed E-state index contributed by atoms with van der Waals surface area (Å²) >= 11 is 0. The molecule has 0 bridgehead atoms. The third kappa shape index (κ3) is 2.97. The van der Waals surface area contributed by atoms with Crippen LogP contribution in [-0.2, 0) is 4.74 Å². The maximum Gasteiger partial charge on any atom is 0.316 e. The Morgan fingerprint density at radius 3 is 3.14 bits per heavy atom. The summed E-state index contributed by atoms with van der Waals surface area (Å²) in [6.07, 6.45) is 7.15. The average molecular weight is 303 g/mol. The van der Waals surface area contributed by atoms with Gasteiger partial charge in [0.25, 0.3) is 0 Å². The fourth-order valence-corrected chi connectivity index (χ4v) is 3.87. The molecule has 0 unspecified atom stereocenters. The molecule has 2 atom stereocenters. The number of likely N-dealkylation sites (tertiary alicyclic amines) is 1. The van der Waals surface area contributed by atoms with Gasteiger partial charge in [-0.15, -0.1) is 0 Å². The zero-order chi connectivity index (χ0) is 15.0. The highest BCUT2D eigenvalue weighted by Crippen LogP contribution is 2.42. The zero-order valence-corrected chi connectivity index (χ0v) is 13.3. The molecule has 4 rings (SSSR count). The van der Waals surface area contributed by atoms with E-state index in [0.29, 0.717) is 18.7 Å². The van der Waals surface area contributed by atoms with Crippen molar-refractivity contribution >= 4 is 0 Å². The third-order valence-corrected chi connectivity index (χ3v) is 5.32. The fraction of sp³-hybridized carbons (Fsp3) is 0.765. The van der Waals surface area contributed by atoms with E-state index in [1.807, 2.05) is 13.0 Å². The minimum Gasteiger partial charge on any atom is -0.463 e. The van der Waals surface area contributed by atoms with E-state index in [1.54, 1.807) is 6.20 Å². The largest absolute Gasteiger partial charge is 0.463 e. The highest BCUT2D eigenvalue weighted by molar-refractivity contribution is 5.05. The molecule has 2 saturated heterocycles. The van der Waals surface area contributed by atoms with E-state index < -0.39 is 0 Å². The van der Waals surface area contributed by atoms with Gasteiger partial charge in [-0.3, -0.25) is 0 Å². The molecule has 2 aliphatic heterocycles. The fourth-order valence-electron chi connectivity index (χ4n) is 3.87. The number of rotatable bonds is 5. The number of piperidine rings is 1. The molecule has 1 aromatic rings. The van der Waals surface area contributed by atoms with Gasteiger partial charge in [0, 0.05) is 43.5 Å². The molecule has 120 valence electrons. The Balaban J connectivity index is 1.43. The molecule has 1 saturated carbocycles. The van der Waals surface area contributed by atoms with Crippen LogP contribution in [0.5, 0.6) is 6.01 Å². The lowest BCUT2D eigenvalue weighted by atomic mass is 9.77. The highest BCUT2D eigenvalue weighted by atomic mass is 16.5. The van der Waals surface area contributed by atoms with Crippen molar-refractivity contribution in [2.45, 2.75) is 38.7 Å². The van der Waals surface area contributed by atoms with Crippen LogP contribution >= 0.6 is 0 Å². The summed E-state index contributed by atoms with van der Waals surface area (Å²) in [5, 5.41) is 0. The number of hydrogen-bond acceptors (Lipinski definition) is 5. The zero-order valence-electron chi connectivity index (χ0n) is 13.3. The van der Waals surface area contributed by atoms with Crippen molar-refractivity contribution in [1.29, 1.82) is 0 Å². The molecule has 3 heterocycles. The molecule has 3 aliphatic rings. The van der Waals surface area contributed by atoms with E-state index in [1.165, 1.54) is 25.9 Å². The van der Waals surface area contributed by atoms with Gasteiger partial charge in [0.1, 0.15) is 6.61 Å². The molecular formula is C17H25N3O2. The maximum atomic E-state index is 5.99. The average Bonchev–Trinajstić information content (AvgIpc) is 3.22. The molecular weight excluding hydrogens is 278 g/mol. The lowest BCUT2D eigenvalue weighted by Crippen LogP contribution is -2.52. The number of nitrogens with zero attached hydrogens (tertiary/aromatic N) is 3. The number of fused-ring (bicyclic) bond motifs is 1. The number of ether oxygens (including phenoxy) is 2. The monoisotopic (exact) mass is 303 g/mol. The SMILES string of the molecule is Cc1ccnc(OC[C@]23CCO[C@H]2CCN(CC2CC2)C3)n1. The lowest BCUT2D eigenvalue weighted by Gasteiger charge is -2.43. The molecule has 3 fully saturated rings. The van der Waals surface area contributed by atoms with Gasteiger partial charge in [-0.25, -0.2) is 9.97 Å². The van der Waals surface area contributed by atoms with Crippen molar-refractivity contribution in [1.82, 2.24) is 14.9 Å². The van der Waals surface area contributed by atoms with Crippen molar-refractivity contribution < 1.29 is 9.47 Å². The summed E-state index contributed by atoms with van der Waals surface area (Å²) < 4.78 is 12.0. The number of aromatic nitrogens is 2. The van der Waals surface area contributed by atoms with E-state index >= 15 is 0 Å². The van der Waals surface area contributed by atoms with Crippen molar-refractivity contribution in [3.05, 3.63) is 18.0 Å². The molecule has 0 spiro atoms. The first-order chi connectivity index (χ1) is 10.7. The maximum absolute atomic E-state index is 5.99. The summed E-state index contributed by atoms with van der Waals surface area (Å²) in [4.78, 5) is 11.2. The summed E-state index contributed by atoms with van der Waals surface area (Å²) in [5.41, 5.74) is 1.07. The normalized spacial score (nSPS) is 32.0. The number of hydrogen-bond donors (Lipinski definition) is 0. The van der Waals surface area contributed by atoms with Gasteiger partial charge < -0.3 is 14.4 Å². The minimum absolute atomic E-state index is 0.125. The Labute approximate surface area is 132 Å². The Morgan fingerprint density at radius 2 is 2.32 bits per heavy atom. The predicted octanol–water partition coefficient (Wildman–Crippen LogP) is 2.05. The Hall–Kier alpha value is -1.20. The lowest BCUT2D eigenvalue weighted by molar-refractivity contribution is -0.0415. The van der Waals surface area contributed by atoms with Crippen LogP contribution in [0.3, 0.4) is 0 Å². The van der Waals surface area contributed by atoms with Gasteiger partial charge in [-0.05, 0) is 44.6 Å². The van der Waals surface area contributed by atoms with Gasteiger partial charge in [0.15, 0.2) is 0 Å². The molecule has 0 amide bonds. The van der Waals surface area contributed by atoms with Crippen LogP contribution < -0.4 is 4.74 Å². The highest BCUT2D eigenvalue weighted by Gasteiger charge is 2.49. The van der Waals surface area contributed by atoms with Crippen LogP contribution in [-0.4, -0.2) is 53.8 Å². The van der Waals surface area contributed by atoms with Crippen molar-refractivity contribution in [3.63, 3.8) is 0 Å². The van der Waals surface area contributed by atoms with E-state index in [2.05, 4.69) is 14.9 Å². The van der Waals surface area contributed by atoms with E-state index in [-0.39, 0.29) is 5.41 Å². The van der Waals surface area contributed by atoms with Crippen LogP contribution in [0.15, 0.2) is 12.3 Å². The van der Waals surface area contributed by atoms with Gasteiger partial charge in [0.05, 0.1) is 6.10 Å². The molecule has 0 radical (unpaired) electrons. The van der Waals surface area contributed by atoms with Gasteiger partial charge in [-0.2, -0.15) is 0 Å². The van der Waals surface area contributed by atoms with Crippen LogP contribution in [0.4, 0.5) is 0 Å². The first kappa shape index (κ1) is 14.4. The molecule has 0 N–H and O–H groups in total. The molecule has 22 heavy (non-hydrogen) atoms. The number of aryl methyl sites for hydroxylation is 1. The topological polar surface area (TPSA) is 47.5 Å². The Morgan fingerprint density at radius 1 is 1.41 bits per heavy atom. The van der Waals surface area contributed by atoms with Crippen molar-refractivity contribution in [3.8, 4) is 6.01 Å². The molecule has 5 heteroatoms. The Kier molecular flexibility index (Phi) is 3.78. The molecule has 0 aromatic carbocycles. The molecule has 5 nitrogen and oxygen atoms in total. The summed E-state index contributed by atoms with van der Waals surface area (Å²) in [6, 6.07) is 2.39. The van der Waals surface area contributed by atoms with Crippen LogP contribution in [0.1, 0.15) is 31.4 Å². The predicted molar refractivity (Wildman–Crippen MR) is 82.8 cm³/mol. The summed E-state index contributed by atoms with van der Waals surface area (Å²) in [5.74, 6) is 0.942. The summed E-state index contributed by atoms with van der Waals surface area (Å²) in [6.45, 7) is 7.02. The standard InChI is InChI=1S/C17H25N3O2/c1-13-4-7-18-16(19-13)22-12-17-6-9-21-15(17)5-8-20(11-17)10-14-2-3-14/h4,7,14-15H,2-3,5-6,8-12H2,1H3/t15-,17+/m0/s1. The van der Waals surface area contributed by atoms with Crippen LogP contribution in [0, 0.1) is 18.3 Å². The van der Waals surface area contributed by atoms with Crippen molar-refractivity contribution in [2.24, 2.45) is 11.3 Å². The third-order valence-electron chi connectivity index (χ3n) is 5.32. The Bertz CT molecular complexity index is 534. The first-order valence-electron chi connectivity index (χ1n) is 8.50. The van der Waals surface area contributed by atoms with Crippen molar-refractivity contribution in [2.75, 3.05) is 32.8 Å². The van der Waals surface area contributed by atoms with Gasteiger partial charge in [-0.1, -0.05) is 0 Å². The quantitative estimate of drug-likeness (QED) is 0.833. The van der Waals surface area contributed by atoms with E-state index in [4.69, 9.17) is 9.47 Å². The minimum atomic E-state index is 0.125. The molecule has 1 aromatic heterocycles. The molecule has 1 aliphatic carbocycles.